The van der Waals surface area contributed by atoms with Gasteiger partial charge in [-0.1, -0.05) is 197 Å². The molecular formula is C53H97NO8. The van der Waals surface area contributed by atoms with E-state index in [-0.39, 0.29) is 12.5 Å². The topological polar surface area (TPSA) is 149 Å². The standard InChI is InChI=1S/C53H97NO8/c1-3-5-7-9-11-13-15-17-19-21-22-23-24-25-27-28-30-32-34-36-38-40-42-47(56)46(45-61-53-52(60)51(59)50(58)48(44-55)62-53)54-49(57)43-41-39-37-35-33-31-29-26-20-18-16-14-12-10-8-6-4-2/h18,20,25,27,32,34,40,42,46-48,50-53,55-56,58-60H,3-17,19,21-24,26,28-31,33,35-39,41,43-45H2,1-2H3,(H,54,57)/b20-18-,27-25+,34-32+,42-40+. The van der Waals surface area contributed by atoms with Crippen LogP contribution < -0.4 is 5.32 Å². The van der Waals surface area contributed by atoms with E-state index in [0.717, 1.165) is 57.8 Å². The SMILES string of the molecule is CCCCCCCC/C=C\CCCCCCCCCC(=O)NC(COC1OC(CO)C(O)C(O)C1O)C(O)/C=C/CC/C=C/CC/C=C/CCCCCCCCCCCCCC. The van der Waals surface area contributed by atoms with Gasteiger partial charge in [-0.3, -0.25) is 4.79 Å². The highest BCUT2D eigenvalue weighted by molar-refractivity contribution is 5.76. The van der Waals surface area contributed by atoms with Crippen LogP contribution in [0.25, 0.3) is 0 Å². The number of aliphatic hydroxyl groups excluding tert-OH is 5. The first-order valence-electron chi connectivity index (χ1n) is 25.9. The van der Waals surface area contributed by atoms with Gasteiger partial charge in [0, 0.05) is 6.42 Å². The van der Waals surface area contributed by atoms with Crippen LogP contribution >= 0.6 is 0 Å². The molecule has 9 nitrogen and oxygen atoms in total. The fourth-order valence-corrected chi connectivity index (χ4v) is 7.95. The Labute approximate surface area is 380 Å². The van der Waals surface area contributed by atoms with Crippen LogP contribution in [0.2, 0.25) is 0 Å². The minimum Gasteiger partial charge on any atom is -0.394 e. The fraction of sp³-hybridized carbons (Fsp3) is 0.830. The minimum absolute atomic E-state index is 0.196. The molecule has 0 aliphatic carbocycles. The average Bonchev–Trinajstić information content (AvgIpc) is 3.27. The van der Waals surface area contributed by atoms with Crippen molar-refractivity contribution in [3.8, 4) is 0 Å². The number of unbranched alkanes of at least 4 members (excludes halogenated alkanes) is 27. The summed E-state index contributed by atoms with van der Waals surface area (Å²) in [6.07, 6.45) is 48.8. The van der Waals surface area contributed by atoms with E-state index in [4.69, 9.17) is 9.47 Å². The summed E-state index contributed by atoms with van der Waals surface area (Å²) >= 11 is 0. The summed E-state index contributed by atoms with van der Waals surface area (Å²) in [6.45, 7) is 3.75. The first-order valence-corrected chi connectivity index (χ1v) is 25.9. The molecule has 1 amide bonds. The number of ether oxygens (including phenoxy) is 2. The molecule has 1 heterocycles. The molecule has 1 saturated heterocycles. The molecular weight excluding hydrogens is 779 g/mol. The van der Waals surface area contributed by atoms with Crippen LogP contribution in [0.4, 0.5) is 0 Å². The molecule has 362 valence electrons. The molecule has 7 atom stereocenters. The summed E-state index contributed by atoms with van der Waals surface area (Å²) in [4.78, 5) is 13.0. The van der Waals surface area contributed by atoms with Crippen LogP contribution in [0.3, 0.4) is 0 Å². The van der Waals surface area contributed by atoms with Crippen molar-refractivity contribution in [2.75, 3.05) is 13.2 Å². The smallest absolute Gasteiger partial charge is 0.220 e. The number of carbonyl (C=O) groups excluding carboxylic acids is 1. The molecule has 1 rings (SSSR count). The van der Waals surface area contributed by atoms with Gasteiger partial charge in [-0.25, -0.2) is 0 Å². The Morgan fingerprint density at radius 2 is 0.919 bits per heavy atom. The van der Waals surface area contributed by atoms with Gasteiger partial charge < -0.3 is 40.3 Å². The average molecular weight is 876 g/mol. The van der Waals surface area contributed by atoms with Crippen molar-refractivity contribution in [1.82, 2.24) is 5.32 Å². The van der Waals surface area contributed by atoms with Gasteiger partial charge in [0.2, 0.25) is 5.91 Å². The molecule has 62 heavy (non-hydrogen) atoms. The second kappa shape index (κ2) is 43.1. The second-order valence-corrected chi connectivity index (χ2v) is 17.9. The molecule has 0 aromatic carbocycles. The van der Waals surface area contributed by atoms with Crippen molar-refractivity contribution in [3.63, 3.8) is 0 Å². The van der Waals surface area contributed by atoms with Gasteiger partial charge in [-0.15, -0.1) is 0 Å². The summed E-state index contributed by atoms with van der Waals surface area (Å²) in [7, 11) is 0. The van der Waals surface area contributed by atoms with Crippen molar-refractivity contribution in [2.24, 2.45) is 0 Å². The number of aliphatic hydroxyl groups is 5. The maximum absolute atomic E-state index is 13.0. The van der Waals surface area contributed by atoms with Crippen LogP contribution in [0.1, 0.15) is 226 Å². The number of hydrogen-bond donors (Lipinski definition) is 6. The summed E-state index contributed by atoms with van der Waals surface area (Å²) in [5.74, 6) is -0.196. The molecule has 9 heteroatoms. The summed E-state index contributed by atoms with van der Waals surface area (Å²) in [5, 5.41) is 54.3. The quantitative estimate of drug-likeness (QED) is 0.0262. The lowest BCUT2D eigenvalue weighted by Crippen LogP contribution is -2.60. The van der Waals surface area contributed by atoms with E-state index in [2.05, 4.69) is 55.6 Å². The highest BCUT2D eigenvalue weighted by atomic mass is 16.7. The number of nitrogens with one attached hydrogen (secondary N) is 1. The second-order valence-electron chi connectivity index (χ2n) is 17.9. The Hall–Kier alpha value is -1.85. The molecule has 0 radical (unpaired) electrons. The first-order chi connectivity index (χ1) is 30.3. The van der Waals surface area contributed by atoms with E-state index in [1.807, 2.05) is 6.08 Å². The Morgan fingerprint density at radius 3 is 1.35 bits per heavy atom. The zero-order valence-electron chi connectivity index (χ0n) is 39.9. The summed E-state index contributed by atoms with van der Waals surface area (Å²) in [6, 6.07) is -0.830. The lowest BCUT2D eigenvalue weighted by atomic mass is 9.99. The van der Waals surface area contributed by atoms with Crippen LogP contribution in [-0.4, -0.2) is 87.5 Å². The minimum atomic E-state index is -1.58. The predicted molar refractivity (Wildman–Crippen MR) is 258 cm³/mol. The molecule has 7 unspecified atom stereocenters. The third-order valence-electron chi connectivity index (χ3n) is 12.1. The largest absolute Gasteiger partial charge is 0.394 e. The molecule has 1 aliphatic heterocycles. The number of allylic oxidation sites excluding steroid dienone is 7. The van der Waals surface area contributed by atoms with Gasteiger partial charge in [0.1, 0.15) is 24.4 Å². The molecule has 0 bridgehead atoms. The highest BCUT2D eigenvalue weighted by Crippen LogP contribution is 2.23. The van der Waals surface area contributed by atoms with E-state index in [9.17, 15) is 30.3 Å². The summed E-state index contributed by atoms with van der Waals surface area (Å²) in [5.41, 5.74) is 0. The zero-order chi connectivity index (χ0) is 45.1. The molecule has 0 spiro atoms. The first kappa shape index (κ1) is 58.2. The van der Waals surface area contributed by atoms with Crippen molar-refractivity contribution >= 4 is 5.91 Å². The monoisotopic (exact) mass is 876 g/mol. The van der Waals surface area contributed by atoms with Gasteiger partial charge in [0.25, 0.3) is 0 Å². The maximum Gasteiger partial charge on any atom is 0.220 e. The van der Waals surface area contributed by atoms with Gasteiger partial charge in [0.05, 0.1) is 25.4 Å². The van der Waals surface area contributed by atoms with Gasteiger partial charge in [-0.2, -0.15) is 0 Å². The molecule has 0 aromatic rings. The van der Waals surface area contributed by atoms with E-state index < -0.39 is 49.5 Å². The van der Waals surface area contributed by atoms with E-state index >= 15 is 0 Å². The van der Waals surface area contributed by atoms with Crippen LogP contribution in [-0.2, 0) is 14.3 Å². The van der Waals surface area contributed by atoms with E-state index in [1.165, 1.54) is 148 Å². The number of amides is 1. The molecule has 0 saturated carbocycles. The third kappa shape index (κ3) is 32.8. The summed E-state index contributed by atoms with van der Waals surface area (Å²) < 4.78 is 11.2. The van der Waals surface area contributed by atoms with Crippen LogP contribution in [0.15, 0.2) is 48.6 Å². The Kier molecular flexibility index (Phi) is 40.4. The van der Waals surface area contributed by atoms with Crippen LogP contribution in [0.5, 0.6) is 0 Å². The van der Waals surface area contributed by atoms with Gasteiger partial charge in [0.15, 0.2) is 6.29 Å². The third-order valence-corrected chi connectivity index (χ3v) is 12.1. The molecule has 1 aliphatic rings. The van der Waals surface area contributed by atoms with Crippen molar-refractivity contribution < 1.29 is 39.8 Å². The predicted octanol–water partition coefficient (Wildman–Crippen LogP) is 11.8. The lowest BCUT2D eigenvalue weighted by Gasteiger charge is -2.40. The van der Waals surface area contributed by atoms with Crippen molar-refractivity contribution in [1.29, 1.82) is 0 Å². The number of rotatable bonds is 43. The Bertz CT molecular complexity index is 1110. The molecule has 0 aromatic heterocycles. The Balaban J connectivity index is 2.34. The fourth-order valence-electron chi connectivity index (χ4n) is 7.95. The highest BCUT2D eigenvalue weighted by Gasteiger charge is 2.44. The normalized spacial score (nSPS) is 20.7. The maximum atomic E-state index is 13.0. The Morgan fingerprint density at radius 1 is 0.532 bits per heavy atom. The van der Waals surface area contributed by atoms with Gasteiger partial charge in [-0.05, 0) is 70.6 Å². The number of carbonyl (C=O) groups is 1. The van der Waals surface area contributed by atoms with Gasteiger partial charge >= 0.3 is 0 Å². The van der Waals surface area contributed by atoms with E-state index in [1.54, 1.807) is 6.08 Å². The lowest BCUT2D eigenvalue weighted by molar-refractivity contribution is -0.302. The van der Waals surface area contributed by atoms with E-state index in [0.29, 0.717) is 6.42 Å². The van der Waals surface area contributed by atoms with Crippen LogP contribution in [0, 0.1) is 0 Å². The molecule has 6 N–H and O–H groups in total. The van der Waals surface area contributed by atoms with Crippen molar-refractivity contribution in [3.05, 3.63) is 48.6 Å². The van der Waals surface area contributed by atoms with Crippen molar-refractivity contribution in [2.45, 2.75) is 269 Å². The zero-order valence-corrected chi connectivity index (χ0v) is 39.9. The number of hydrogen-bond acceptors (Lipinski definition) is 8. The molecule has 1 fully saturated rings.